The Balaban J connectivity index is 0.000000155. The van der Waals surface area contributed by atoms with Crippen LogP contribution in [0.4, 0.5) is 8.78 Å². The molecule has 4 atom stereocenters. The van der Waals surface area contributed by atoms with E-state index in [1.165, 1.54) is 98.0 Å². The Morgan fingerprint density at radius 2 is 0.713 bits per heavy atom. The molecule has 0 aliphatic heterocycles. The molecule has 6 N–H and O–H groups in total. The molecule has 16 aromatic rings. The van der Waals surface area contributed by atoms with Gasteiger partial charge in [0.2, 0.25) is 0 Å². The Morgan fingerprint density at radius 3 is 0.969 bits per heavy atom. The van der Waals surface area contributed by atoms with E-state index < -0.39 is 44.6 Å². The summed E-state index contributed by atoms with van der Waals surface area (Å²) in [6.07, 6.45) is 21.4. The van der Waals surface area contributed by atoms with Gasteiger partial charge in [-0.3, -0.25) is 0 Å². The third-order valence-electron chi connectivity index (χ3n) is 20.9. The second-order valence-corrected chi connectivity index (χ2v) is 41.2. The van der Waals surface area contributed by atoms with Gasteiger partial charge in [0, 0.05) is 55.5 Å². The third kappa shape index (κ3) is 32.3. The van der Waals surface area contributed by atoms with Gasteiger partial charge in [0.15, 0.2) is 4.77 Å². The number of aldehydes is 1. The summed E-state index contributed by atoms with van der Waals surface area (Å²) in [7, 11) is -3.37. The first-order valence-electron chi connectivity index (χ1n) is 42.3. The number of hydrogen-bond acceptors (Lipinski definition) is 5. The van der Waals surface area contributed by atoms with Crippen LogP contribution >= 0.6 is 75.8 Å². The topological polar surface area (TPSA) is 138 Å². The smallest absolute Gasteiger partial charge is 0.423 e. The number of carbonyl (C=O) groups excluding carboxylic acids is 1. The van der Waals surface area contributed by atoms with E-state index in [1.807, 2.05) is 12.3 Å². The van der Waals surface area contributed by atoms with Crippen LogP contribution in [0.1, 0.15) is 62.9 Å². The molecular weight excluding hydrogens is 1910 g/mol. The summed E-state index contributed by atoms with van der Waals surface area (Å²) in [4.78, 5) is 32.9. The number of halogens is 4. The molecule has 0 bridgehead atoms. The average molecular weight is 2020 g/mol. The van der Waals surface area contributed by atoms with Crippen LogP contribution in [-0.4, -0.2) is 48.2 Å². The minimum Gasteiger partial charge on any atom is -0.423 e. The summed E-state index contributed by atoms with van der Waals surface area (Å²) in [6.45, 7) is 0. The van der Waals surface area contributed by atoms with Gasteiger partial charge >= 0.3 is 12.8 Å². The normalized spacial score (nSPS) is 14.2. The number of alkyl halides is 1. The quantitative estimate of drug-likeness (QED) is 0.0113. The first-order chi connectivity index (χ1) is 62.3. The Bertz CT molecular complexity index is 5230. The minimum absolute atomic E-state index is 0. The molecule has 0 saturated heterocycles. The molecular formula is C110H105BBr2F2N4O4P4PdS. The monoisotopic (exact) mass is 2010 g/mol. The van der Waals surface area contributed by atoms with Crippen molar-refractivity contribution < 1.29 is 44.0 Å². The Morgan fingerprint density at radius 1 is 0.403 bits per heavy atom. The standard InChI is InChI=1S/4C18H15P.C15H15FN2S.C9H11BrN2O.C7H9BrO.C6H6BFO2.CH4.Pd/c4*1-4-10-16(11-5-1)19(17-12-6-2-7-13-17)18-14-8-3-9-15-18;16-12-5-1-3-10(7-12)14-6-2-4-11(14)8-13-9-17-15(19)18-13;10-8-3-1-2-6(8)4-7-5-11-9(13)12-7;8-7-3-1-2-6(7)4-5-9;8-6-3-1-2-5(4-6)7(9)10;;/h4*1-15H;1,3,5-7,9,11H,2,4,8H2,(H2,17,18,19);1-2,5-6,8H,3-4H2,(H2,11,12,13);3,5-6H,1-2,4H2;1-4,9-10H;1H4;. The Hall–Kier alpha value is -10.4. The molecule has 0 radical (unpaired) electrons. The maximum Gasteiger partial charge on any atom is 0.488 e. The second-order valence-electron chi connectivity index (χ2n) is 29.8. The first-order valence-corrected chi connectivity index (χ1v) is 49.8. The fraction of sp³-hybridized carbons (Fsp3) is 0.118. The number of hydrogen-bond donors (Lipinski definition) is 6. The maximum atomic E-state index is 13.3. The Kier molecular flexibility index (Phi) is 43.4. The van der Waals surface area contributed by atoms with E-state index in [0.717, 1.165) is 74.2 Å². The molecule has 2 aromatic heterocycles. The number of aromatic amines is 4. The number of nitrogens with one attached hydrogen (secondary N) is 4. The molecule has 3 aliphatic carbocycles. The largest absolute Gasteiger partial charge is 0.488 e. The summed E-state index contributed by atoms with van der Waals surface area (Å²) in [5, 5.41) is 33.9. The zero-order valence-electron chi connectivity index (χ0n) is 70.6. The van der Waals surface area contributed by atoms with E-state index in [4.69, 9.17) is 22.3 Å². The first kappa shape index (κ1) is 101. The summed E-state index contributed by atoms with van der Waals surface area (Å²) in [5.41, 5.74) is 4.38. The summed E-state index contributed by atoms with van der Waals surface area (Å²) < 4.78 is 27.5. The zero-order valence-corrected chi connectivity index (χ0v) is 79.7. The van der Waals surface area contributed by atoms with Crippen molar-refractivity contribution in [2.45, 2.75) is 63.6 Å². The SMILES string of the molecule is C.Fc1cccc(C2=CCCC2Cc2c[nH]c(=S)[nH]2)c1.O=CCC1CCC=C1Br.O=c1[nH]cc(CC2C=CCC2Br)[nH]1.OB(O)c1cccc(F)c1.[Pd].c1ccc(P(c2ccccc2)c2ccccc2)cc1.c1ccc(P(c2ccccc2)c2ccccc2)cc1.c1ccc(P(c2ccccc2)c2ccccc2)cc1.c1ccc(P(c2ccccc2)c2ccccc2)cc1. The van der Waals surface area contributed by atoms with E-state index in [9.17, 15) is 18.4 Å². The average Bonchev–Trinajstić information content (AvgIpc) is 1.77. The van der Waals surface area contributed by atoms with Crippen molar-refractivity contribution in [1.82, 2.24) is 19.9 Å². The van der Waals surface area contributed by atoms with Gasteiger partial charge < -0.3 is 34.8 Å². The van der Waals surface area contributed by atoms with E-state index in [2.05, 4.69) is 440 Å². The maximum absolute atomic E-state index is 13.3. The molecule has 129 heavy (non-hydrogen) atoms. The van der Waals surface area contributed by atoms with Gasteiger partial charge in [0.25, 0.3) is 0 Å². The number of allylic oxidation sites excluding steroid dienone is 6. The molecule has 14 aromatic carbocycles. The molecule has 0 amide bonds. The Labute approximate surface area is 799 Å². The van der Waals surface area contributed by atoms with E-state index in [-0.39, 0.29) is 44.8 Å². The molecule has 8 nitrogen and oxygen atoms in total. The van der Waals surface area contributed by atoms with Crippen LogP contribution in [0.2, 0.25) is 0 Å². The van der Waals surface area contributed by atoms with Gasteiger partial charge in [-0.1, -0.05) is 452 Å². The van der Waals surface area contributed by atoms with Gasteiger partial charge in [-0.2, -0.15) is 0 Å². The third-order valence-corrected chi connectivity index (χ3v) is 32.9. The van der Waals surface area contributed by atoms with Crippen LogP contribution in [0.3, 0.4) is 0 Å². The molecule has 656 valence electrons. The van der Waals surface area contributed by atoms with Crippen LogP contribution < -0.4 is 74.8 Å². The number of H-pyrrole nitrogens is 4. The molecule has 0 fully saturated rings. The van der Waals surface area contributed by atoms with E-state index >= 15 is 0 Å². The van der Waals surface area contributed by atoms with Crippen LogP contribution in [0.15, 0.2) is 458 Å². The molecule has 19 rings (SSSR count). The van der Waals surface area contributed by atoms with Gasteiger partial charge in [0.1, 0.15) is 17.9 Å². The van der Waals surface area contributed by atoms with E-state index in [0.29, 0.717) is 33.8 Å². The van der Waals surface area contributed by atoms with Crippen LogP contribution in [0.5, 0.6) is 0 Å². The fourth-order valence-electron chi connectivity index (χ4n) is 14.8. The zero-order chi connectivity index (χ0) is 88.4. The second kappa shape index (κ2) is 55.6. The van der Waals surface area contributed by atoms with Crippen molar-refractivity contribution in [1.29, 1.82) is 0 Å². The van der Waals surface area contributed by atoms with Crippen LogP contribution in [0, 0.1) is 34.2 Å². The molecule has 0 spiro atoms. The molecule has 19 heteroatoms. The van der Waals surface area contributed by atoms with Gasteiger partial charge in [-0.25, -0.2) is 13.6 Å². The van der Waals surface area contributed by atoms with Crippen LogP contribution in [-0.2, 0) is 38.1 Å². The molecule has 2 heterocycles. The summed E-state index contributed by atoms with van der Waals surface area (Å²) >= 11 is 12.1. The number of carbonyl (C=O) groups is 1. The summed E-state index contributed by atoms with van der Waals surface area (Å²) in [5.74, 6) is 0.785. The van der Waals surface area contributed by atoms with Crippen molar-refractivity contribution in [2.24, 2.45) is 17.8 Å². The van der Waals surface area contributed by atoms with Crippen molar-refractivity contribution in [3.63, 3.8) is 0 Å². The van der Waals surface area contributed by atoms with Gasteiger partial charge in [0.05, 0.1) is 0 Å². The number of benzene rings is 14. The fourth-order valence-corrected chi connectivity index (χ4v) is 25.4. The predicted molar refractivity (Wildman–Crippen MR) is 556 cm³/mol. The van der Waals surface area contributed by atoms with Crippen molar-refractivity contribution in [3.05, 3.63) is 498 Å². The van der Waals surface area contributed by atoms with Gasteiger partial charge in [-0.05, 0) is 216 Å². The summed E-state index contributed by atoms with van der Waals surface area (Å²) in [6, 6.07) is 141. The number of rotatable bonds is 20. The van der Waals surface area contributed by atoms with Crippen LogP contribution in [0.25, 0.3) is 5.57 Å². The number of imidazole rings is 2. The van der Waals surface area contributed by atoms with Gasteiger partial charge in [-0.15, -0.1) is 0 Å². The molecule has 4 unspecified atom stereocenters. The number of aromatic nitrogens is 4. The molecule has 3 aliphatic rings. The molecule has 0 saturated carbocycles. The van der Waals surface area contributed by atoms with Crippen molar-refractivity contribution in [2.75, 3.05) is 0 Å². The van der Waals surface area contributed by atoms with Crippen molar-refractivity contribution >= 4 is 164 Å². The van der Waals surface area contributed by atoms with Crippen molar-refractivity contribution in [3.8, 4) is 0 Å². The minimum atomic E-state index is -1.59. The van der Waals surface area contributed by atoms with E-state index in [1.54, 1.807) is 18.3 Å². The predicted octanol–water partition coefficient (Wildman–Crippen LogP) is 22.0.